The molecule has 3 heteroatoms. The van der Waals surface area contributed by atoms with Gasteiger partial charge < -0.3 is 5.11 Å². The van der Waals surface area contributed by atoms with Crippen molar-refractivity contribution in [1.29, 1.82) is 0 Å². The molecule has 0 radical (unpaired) electrons. The van der Waals surface area contributed by atoms with Crippen LogP contribution in [0.4, 0.5) is 0 Å². The number of hydrogen-bond donors (Lipinski definition) is 1. The highest BCUT2D eigenvalue weighted by molar-refractivity contribution is 6.53. The van der Waals surface area contributed by atoms with Crippen LogP contribution in [-0.2, 0) is 4.79 Å². The smallest absolute Gasteiger partial charge is 0.234 e. The number of carbonyl (C=O) groups excluding carboxylic acids is 2. The fourth-order valence-corrected chi connectivity index (χ4v) is 3.03. The van der Waals surface area contributed by atoms with E-state index in [2.05, 4.69) is 0 Å². The van der Waals surface area contributed by atoms with Gasteiger partial charge in [-0.3, -0.25) is 9.59 Å². The van der Waals surface area contributed by atoms with E-state index in [0.29, 0.717) is 16.5 Å². The number of phenolic OH excluding ortho intramolecular Hbond substituents is 1. The Kier molecular flexibility index (Phi) is 3.17. The van der Waals surface area contributed by atoms with Crippen LogP contribution >= 0.6 is 0 Å². The molecular weight excluding hydrogens is 276 g/mol. The lowest BCUT2D eigenvalue weighted by Gasteiger charge is -2.20. The Balaban J connectivity index is 2.42. The van der Waals surface area contributed by atoms with Gasteiger partial charge in [-0.15, -0.1) is 0 Å². The molecule has 1 aliphatic carbocycles. The predicted octanol–water partition coefficient (Wildman–Crippen LogP) is 3.97. The Morgan fingerprint density at radius 2 is 1.64 bits per heavy atom. The summed E-state index contributed by atoms with van der Waals surface area (Å²) in [6.07, 6.45) is 1.80. The van der Waals surface area contributed by atoms with Gasteiger partial charge in [0.05, 0.1) is 0 Å². The lowest BCUT2D eigenvalue weighted by Crippen LogP contribution is -2.24. The summed E-state index contributed by atoms with van der Waals surface area (Å²) in [5.41, 5.74) is 3.43. The third kappa shape index (κ3) is 1.89. The van der Waals surface area contributed by atoms with E-state index >= 15 is 0 Å². The van der Waals surface area contributed by atoms with Crippen LogP contribution in [0.2, 0.25) is 0 Å². The lowest BCUT2D eigenvalue weighted by molar-refractivity contribution is -0.112. The van der Waals surface area contributed by atoms with Crippen molar-refractivity contribution in [3.8, 4) is 5.75 Å². The number of ketones is 2. The Bertz CT molecular complexity index is 870. The molecule has 0 atom stereocenters. The number of allylic oxidation sites excluding steroid dienone is 1. The van der Waals surface area contributed by atoms with Crippen LogP contribution in [0.15, 0.2) is 23.8 Å². The van der Waals surface area contributed by atoms with E-state index in [-0.39, 0.29) is 11.7 Å². The first-order valence-electron chi connectivity index (χ1n) is 7.39. The van der Waals surface area contributed by atoms with E-state index in [0.717, 1.165) is 22.1 Å². The number of Topliss-reactive ketones (excluding diaryl/α,β-unsaturated/α-hetero) is 2. The van der Waals surface area contributed by atoms with Gasteiger partial charge in [0.25, 0.3) is 0 Å². The number of aryl methyl sites for hydroxylation is 1. The molecule has 1 N–H and O–H groups in total. The predicted molar refractivity (Wildman–Crippen MR) is 87.2 cm³/mol. The Morgan fingerprint density at radius 3 is 2.27 bits per heavy atom. The van der Waals surface area contributed by atoms with Crippen molar-refractivity contribution in [2.24, 2.45) is 5.92 Å². The standard InChI is InChI=1S/C19H18O3/c1-9(2)14-7-12-5-6-13-10(3)11(4)16(20)8-15(13)17(12)19(22)18(14)21/h5-9,20H,1-4H3. The fraction of sp³-hybridized carbons (Fsp3) is 0.263. The number of fused-ring (bicyclic) bond motifs is 3. The van der Waals surface area contributed by atoms with Crippen LogP contribution < -0.4 is 0 Å². The minimum absolute atomic E-state index is 0.00783. The summed E-state index contributed by atoms with van der Waals surface area (Å²) in [5.74, 6) is -0.757. The zero-order valence-electron chi connectivity index (χ0n) is 13.2. The van der Waals surface area contributed by atoms with Gasteiger partial charge >= 0.3 is 0 Å². The largest absolute Gasteiger partial charge is 0.508 e. The first kappa shape index (κ1) is 14.5. The van der Waals surface area contributed by atoms with Crippen LogP contribution in [-0.4, -0.2) is 16.7 Å². The summed E-state index contributed by atoms with van der Waals surface area (Å²) < 4.78 is 0. The molecule has 0 aromatic heterocycles. The van der Waals surface area contributed by atoms with E-state index in [1.165, 1.54) is 0 Å². The monoisotopic (exact) mass is 294 g/mol. The van der Waals surface area contributed by atoms with Crippen molar-refractivity contribution in [3.63, 3.8) is 0 Å². The molecule has 2 aromatic rings. The lowest BCUT2D eigenvalue weighted by atomic mass is 9.82. The second-order valence-electron chi connectivity index (χ2n) is 6.18. The molecule has 0 spiro atoms. The van der Waals surface area contributed by atoms with Crippen molar-refractivity contribution >= 4 is 28.4 Å². The van der Waals surface area contributed by atoms with Crippen LogP contribution in [0.25, 0.3) is 16.8 Å². The zero-order valence-corrected chi connectivity index (χ0v) is 13.2. The average Bonchev–Trinajstić information content (AvgIpc) is 2.47. The van der Waals surface area contributed by atoms with Crippen LogP contribution in [0.5, 0.6) is 5.75 Å². The van der Waals surface area contributed by atoms with E-state index in [1.54, 1.807) is 12.1 Å². The second kappa shape index (κ2) is 4.80. The highest BCUT2D eigenvalue weighted by Crippen LogP contribution is 2.36. The Morgan fingerprint density at radius 1 is 0.955 bits per heavy atom. The Hall–Kier alpha value is -2.42. The van der Waals surface area contributed by atoms with Crippen molar-refractivity contribution in [1.82, 2.24) is 0 Å². The summed E-state index contributed by atoms with van der Waals surface area (Å²) in [6, 6.07) is 5.43. The minimum atomic E-state index is -0.477. The molecule has 22 heavy (non-hydrogen) atoms. The first-order valence-corrected chi connectivity index (χ1v) is 7.39. The first-order chi connectivity index (χ1) is 10.3. The highest BCUT2D eigenvalue weighted by atomic mass is 16.3. The number of aromatic hydroxyl groups is 1. The molecule has 0 fully saturated rings. The number of phenols is 1. The van der Waals surface area contributed by atoms with Gasteiger partial charge in [0, 0.05) is 11.1 Å². The van der Waals surface area contributed by atoms with Crippen molar-refractivity contribution in [2.75, 3.05) is 0 Å². The number of hydrogen-bond acceptors (Lipinski definition) is 3. The van der Waals surface area contributed by atoms with Gasteiger partial charge in [-0.2, -0.15) is 0 Å². The molecule has 0 saturated heterocycles. The Labute approximate surface area is 129 Å². The molecule has 2 aromatic carbocycles. The quantitative estimate of drug-likeness (QED) is 0.810. The highest BCUT2D eigenvalue weighted by Gasteiger charge is 2.30. The second-order valence-corrected chi connectivity index (χ2v) is 6.18. The van der Waals surface area contributed by atoms with Crippen LogP contribution in [0.1, 0.15) is 40.9 Å². The number of carbonyl (C=O) groups is 2. The van der Waals surface area contributed by atoms with Gasteiger partial charge in [-0.05, 0) is 59.4 Å². The molecule has 3 nitrogen and oxygen atoms in total. The molecule has 0 saturated carbocycles. The fourth-order valence-electron chi connectivity index (χ4n) is 3.03. The van der Waals surface area contributed by atoms with Crippen LogP contribution in [0, 0.1) is 19.8 Å². The van der Waals surface area contributed by atoms with E-state index in [1.807, 2.05) is 39.8 Å². The van der Waals surface area contributed by atoms with E-state index in [4.69, 9.17) is 0 Å². The molecule has 0 unspecified atom stereocenters. The van der Waals surface area contributed by atoms with Gasteiger partial charge in [-0.25, -0.2) is 0 Å². The molecule has 0 amide bonds. The van der Waals surface area contributed by atoms with Crippen molar-refractivity contribution in [2.45, 2.75) is 27.7 Å². The maximum Gasteiger partial charge on any atom is 0.234 e. The van der Waals surface area contributed by atoms with E-state index in [9.17, 15) is 14.7 Å². The van der Waals surface area contributed by atoms with Gasteiger partial charge in [-0.1, -0.05) is 26.0 Å². The molecule has 0 aliphatic heterocycles. The normalized spacial score (nSPS) is 14.5. The van der Waals surface area contributed by atoms with Gasteiger partial charge in [0.15, 0.2) is 0 Å². The van der Waals surface area contributed by atoms with Crippen molar-refractivity contribution in [3.05, 3.63) is 46.0 Å². The summed E-state index contributed by atoms with van der Waals surface area (Å²) >= 11 is 0. The summed E-state index contributed by atoms with van der Waals surface area (Å²) in [7, 11) is 0. The number of benzene rings is 2. The molecule has 0 heterocycles. The summed E-state index contributed by atoms with van der Waals surface area (Å²) in [4.78, 5) is 24.9. The molecule has 3 rings (SSSR count). The zero-order chi connectivity index (χ0) is 16.2. The molecule has 0 bridgehead atoms. The third-order valence-corrected chi connectivity index (χ3v) is 4.54. The molecule has 112 valence electrons. The average molecular weight is 294 g/mol. The topological polar surface area (TPSA) is 54.4 Å². The van der Waals surface area contributed by atoms with E-state index < -0.39 is 11.6 Å². The molecular formula is C19H18O3. The maximum absolute atomic E-state index is 12.6. The van der Waals surface area contributed by atoms with Gasteiger partial charge in [0.1, 0.15) is 5.75 Å². The minimum Gasteiger partial charge on any atom is -0.508 e. The maximum atomic E-state index is 12.6. The summed E-state index contributed by atoms with van der Waals surface area (Å²) in [5, 5.41) is 11.6. The number of rotatable bonds is 1. The van der Waals surface area contributed by atoms with Gasteiger partial charge in [0.2, 0.25) is 11.6 Å². The SMILES string of the molecule is Cc1c(O)cc2c3c(ccc2c1C)C=C(C(C)C)C(=O)C3=O. The van der Waals surface area contributed by atoms with Crippen LogP contribution in [0.3, 0.4) is 0 Å². The molecule has 1 aliphatic rings. The summed E-state index contributed by atoms with van der Waals surface area (Å²) in [6.45, 7) is 7.56. The van der Waals surface area contributed by atoms with Crippen molar-refractivity contribution < 1.29 is 14.7 Å². The third-order valence-electron chi connectivity index (χ3n) is 4.54.